The van der Waals surface area contributed by atoms with Crippen LogP contribution in [0, 0.1) is 6.92 Å². The SMILES string of the molecule is Cc1cc(OCC(=O)NNC(=S)NC(=O)/C=C/c2cccc3ccccc23)ccc1Cl. The van der Waals surface area contributed by atoms with E-state index in [1.807, 2.05) is 49.4 Å². The molecule has 6 nitrogen and oxygen atoms in total. The lowest BCUT2D eigenvalue weighted by atomic mass is 10.0. The van der Waals surface area contributed by atoms with Crippen LogP contribution in [0.25, 0.3) is 16.8 Å². The van der Waals surface area contributed by atoms with E-state index in [-0.39, 0.29) is 11.7 Å². The molecule has 0 spiro atoms. The third-order valence-corrected chi connectivity index (χ3v) is 4.92. The maximum atomic E-state index is 12.1. The van der Waals surface area contributed by atoms with Gasteiger partial charge in [0.2, 0.25) is 5.91 Å². The van der Waals surface area contributed by atoms with Crippen LogP contribution < -0.4 is 20.9 Å². The monoisotopic (exact) mass is 453 g/mol. The predicted octanol–water partition coefficient (Wildman–Crippen LogP) is 3.92. The van der Waals surface area contributed by atoms with Gasteiger partial charge < -0.3 is 4.74 Å². The van der Waals surface area contributed by atoms with Crippen molar-refractivity contribution in [2.24, 2.45) is 0 Å². The van der Waals surface area contributed by atoms with Gasteiger partial charge in [0.25, 0.3) is 5.91 Å². The Bertz CT molecular complexity index is 1160. The summed E-state index contributed by atoms with van der Waals surface area (Å²) in [5.74, 6) is -0.366. The Balaban J connectivity index is 1.44. The largest absolute Gasteiger partial charge is 0.484 e. The summed E-state index contributed by atoms with van der Waals surface area (Å²) in [6.07, 6.45) is 3.09. The molecule has 0 saturated carbocycles. The third kappa shape index (κ3) is 6.53. The number of rotatable bonds is 5. The van der Waals surface area contributed by atoms with Gasteiger partial charge >= 0.3 is 0 Å². The topological polar surface area (TPSA) is 79.5 Å². The molecule has 0 aliphatic heterocycles. The summed E-state index contributed by atoms with van der Waals surface area (Å²) < 4.78 is 5.39. The molecule has 0 aliphatic carbocycles. The number of hydrogen-bond acceptors (Lipinski definition) is 4. The van der Waals surface area contributed by atoms with E-state index in [0.29, 0.717) is 10.8 Å². The molecular formula is C23H20ClN3O3S. The lowest BCUT2D eigenvalue weighted by Gasteiger charge is -2.11. The first-order chi connectivity index (χ1) is 14.9. The van der Waals surface area contributed by atoms with Crippen molar-refractivity contribution < 1.29 is 14.3 Å². The Labute approximate surface area is 190 Å². The van der Waals surface area contributed by atoms with Crippen molar-refractivity contribution in [3.8, 4) is 5.75 Å². The highest BCUT2D eigenvalue weighted by molar-refractivity contribution is 7.80. The summed E-state index contributed by atoms with van der Waals surface area (Å²) in [6, 6.07) is 18.8. The number of carbonyl (C=O) groups is 2. The van der Waals surface area contributed by atoms with Crippen molar-refractivity contribution in [1.82, 2.24) is 16.2 Å². The van der Waals surface area contributed by atoms with Crippen LogP contribution in [0.1, 0.15) is 11.1 Å². The van der Waals surface area contributed by atoms with Gasteiger partial charge in [0.15, 0.2) is 11.7 Å². The highest BCUT2D eigenvalue weighted by atomic mass is 35.5. The van der Waals surface area contributed by atoms with Gasteiger partial charge in [-0.1, -0.05) is 54.1 Å². The lowest BCUT2D eigenvalue weighted by molar-refractivity contribution is -0.123. The quantitative estimate of drug-likeness (QED) is 0.310. The van der Waals surface area contributed by atoms with E-state index < -0.39 is 11.8 Å². The smallest absolute Gasteiger partial charge is 0.276 e. The van der Waals surface area contributed by atoms with Crippen LogP contribution in [-0.2, 0) is 9.59 Å². The first-order valence-corrected chi connectivity index (χ1v) is 10.2. The molecule has 3 aromatic carbocycles. The number of amides is 2. The molecule has 0 saturated heterocycles. The first-order valence-electron chi connectivity index (χ1n) is 9.37. The molecule has 3 aromatic rings. The van der Waals surface area contributed by atoms with Crippen molar-refractivity contribution in [3.63, 3.8) is 0 Å². The Kier molecular flexibility index (Phi) is 7.59. The number of thiocarbonyl (C=S) groups is 1. The number of fused-ring (bicyclic) bond motifs is 1. The van der Waals surface area contributed by atoms with Crippen LogP contribution in [0.15, 0.2) is 66.7 Å². The third-order valence-electron chi connectivity index (χ3n) is 4.29. The number of benzene rings is 3. The van der Waals surface area contributed by atoms with Gasteiger partial charge in [-0.2, -0.15) is 0 Å². The van der Waals surface area contributed by atoms with Crippen LogP contribution in [0.3, 0.4) is 0 Å². The maximum absolute atomic E-state index is 12.1. The molecule has 158 valence electrons. The summed E-state index contributed by atoms with van der Waals surface area (Å²) in [5.41, 5.74) is 6.58. The molecule has 0 bridgehead atoms. The Morgan fingerprint density at radius 1 is 1.06 bits per heavy atom. The minimum Gasteiger partial charge on any atom is -0.484 e. The molecule has 0 aliphatic rings. The first kappa shape index (κ1) is 22.3. The zero-order valence-corrected chi connectivity index (χ0v) is 18.2. The molecule has 3 rings (SSSR count). The van der Waals surface area contributed by atoms with E-state index >= 15 is 0 Å². The molecule has 0 atom stereocenters. The highest BCUT2D eigenvalue weighted by Crippen LogP contribution is 2.21. The fourth-order valence-corrected chi connectivity index (χ4v) is 3.03. The van der Waals surface area contributed by atoms with Gasteiger partial charge in [0, 0.05) is 11.1 Å². The van der Waals surface area contributed by atoms with Gasteiger partial charge in [0.1, 0.15) is 5.75 Å². The molecule has 2 amide bonds. The van der Waals surface area contributed by atoms with E-state index in [2.05, 4.69) is 16.2 Å². The Morgan fingerprint density at radius 3 is 2.65 bits per heavy atom. The van der Waals surface area contributed by atoms with Crippen LogP contribution in [0.2, 0.25) is 5.02 Å². The average molecular weight is 454 g/mol. The molecule has 8 heteroatoms. The standard InChI is InChI=1S/C23H20ClN3O3S/c1-15-13-18(10-11-20(15)24)30-14-22(29)26-27-23(31)25-21(28)12-9-17-7-4-6-16-5-2-3-8-19(16)17/h2-13H,14H2,1H3,(H,26,29)(H2,25,27,28,31)/b12-9+. The van der Waals surface area contributed by atoms with Crippen molar-refractivity contribution in [1.29, 1.82) is 0 Å². The normalized spacial score (nSPS) is 10.6. The second-order valence-corrected chi connectivity index (χ2v) is 7.41. The predicted molar refractivity (Wildman–Crippen MR) is 127 cm³/mol. The number of carbonyl (C=O) groups excluding carboxylic acids is 2. The van der Waals surface area contributed by atoms with Crippen LogP contribution in [-0.4, -0.2) is 23.5 Å². The number of ether oxygens (including phenoxy) is 1. The fraction of sp³-hybridized carbons (Fsp3) is 0.0870. The molecule has 0 aromatic heterocycles. The van der Waals surface area contributed by atoms with Gasteiger partial charge in [0.05, 0.1) is 0 Å². The number of hydrazine groups is 1. The number of halogens is 1. The molecule has 0 fully saturated rings. The zero-order chi connectivity index (χ0) is 22.2. The van der Waals surface area contributed by atoms with Crippen molar-refractivity contribution in [2.45, 2.75) is 6.92 Å². The fourth-order valence-electron chi connectivity index (χ4n) is 2.76. The number of aryl methyl sites for hydroxylation is 1. The number of nitrogens with one attached hydrogen (secondary N) is 3. The molecule has 31 heavy (non-hydrogen) atoms. The van der Waals surface area contributed by atoms with Crippen molar-refractivity contribution in [3.05, 3.63) is 82.9 Å². The molecule has 3 N–H and O–H groups in total. The minimum atomic E-state index is -0.463. The van der Waals surface area contributed by atoms with Gasteiger partial charge in [-0.25, -0.2) is 0 Å². The molecular weight excluding hydrogens is 434 g/mol. The van der Waals surface area contributed by atoms with Crippen LogP contribution >= 0.6 is 23.8 Å². The lowest BCUT2D eigenvalue weighted by Crippen LogP contribution is -2.49. The summed E-state index contributed by atoms with van der Waals surface area (Å²) in [7, 11) is 0. The van der Waals surface area contributed by atoms with E-state index in [0.717, 1.165) is 21.9 Å². The maximum Gasteiger partial charge on any atom is 0.276 e. The van der Waals surface area contributed by atoms with Crippen LogP contribution in [0.5, 0.6) is 5.75 Å². The molecule has 0 unspecified atom stereocenters. The van der Waals surface area contributed by atoms with E-state index in [4.69, 9.17) is 28.6 Å². The van der Waals surface area contributed by atoms with Crippen LogP contribution in [0.4, 0.5) is 0 Å². The Hall–Kier alpha value is -3.42. The van der Waals surface area contributed by atoms with E-state index in [9.17, 15) is 9.59 Å². The zero-order valence-electron chi connectivity index (χ0n) is 16.6. The summed E-state index contributed by atoms with van der Waals surface area (Å²) >= 11 is 11.0. The summed E-state index contributed by atoms with van der Waals surface area (Å²) in [4.78, 5) is 24.0. The van der Waals surface area contributed by atoms with Gasteiger partial charge in [-0.15, -0.1) is 0 Å². The molecule has 0 radical (unpaired) electrons. The highest BCUT2D eigenvalue weighted by Gasteiger charge is 2.06. The second-order valence-electron chi connectivity index (χ2n) is 6.59. The van der Waals surface area contributed by atoms with Crippen molar-refractivity contribution in [2.75, 3.05) is 6.61 Å². The van der Waals surface area contributed by atoms with E-state index in [1.54, 1.807) is 24.3 Å². The average Bonchev–Trinajstić information content (AvgIpc) is 2.77. The Morgan fingerprint density at radius 2 is 1.84 bits per heavy atom. The van der Waals surface area contributed by atoms with Gasteiger partial charge in [-0.05, 0) is 65.3 Å². The second kappa shape index (κ2) is 10.6. The summed E-state index contributed by atoms with van der Waals surface area (Å²) in [5, 5.41) is 5.17. The van der Waals surface area contributed by atoms with Gasteiger partial charge in [-0.3, -0.25) is 25.8 Å². The van der Waals surface area contributed by atoms with E-state index in [1.165, 1.54) is 6.08 Å². The minimum absolute atomic E-state index is 0.0387. The molecule has 0 heterocycles. The summed E-state index contributed by atoms with van der Waals surface area (Å²) in [6.45, 7) is 1.61. The van der Waals surface area contributed by atoms with Crippen molar-refractivity contribution >= 4 is 57.6 Å². The number of hydrogen-bond donors (Lipinski definition) is 3.